The summed E-state index contributed by atoms with van der Waals surface area (Å²) in [7, 11) is 1.73. The van der Waals surface area contributed by atoms with E-state index >= 15 is 0 Å². The Kier molecular flexibility index (Phi) is 4.32. The number of ether oxygens (including phenoxy) is 1. The minimum atomic E-state index is -0.127. The van der Waals surface area contributed by atoms with E-state index < -0.39 is 0 Å². The Hall–Kier alpha value is -2.03. The van der Waals surface area contributed by atoms with Crippen LogP contribution in [0.5, 0.6) is 6.01 Å². The van der Waals surface area contributed by atoms with Gasteiger partial charge in [-0.3, -0.25) is 9.48 Å². The fourth-order valence-corrected chi connectivity index (χ4v) is 2.54. The van der Waals surface area contributed by atoms with Gasteiger partial charge in [0.2, 0.25) is 0 Å². The largest absolute Gasteiger partial charge is 0.458 e. The zero-order valence-electron chi connectivity index (χ0n) is 12.0. The van der Waals surface area contributed by atoms with Crippen LogP contribution in [0, 0.1) is 0 Å². The molecule has 22 heavy (non-hydrogen) atoms. The van der Waals surface area contributed by atoms with Gasteiger partial charge in [-0.1, -0.05) is 5.21 Å². The summed E-state index contributed by atoms with van der Waals surface area (Å²) in [5, 5.41) is 7.65. The Bertz CT molecular complexity index is 659. The van der Waals surface area contributed by atoms with Gasteiger partial charge in [-0.15, -0.1) is 5.10 Å². The first kappa shape index (κ1) is 14.9. The van der Waals surface area contributed by atoms with Crippen molar-refractivity contribution in [3.05, 3.63) is 28.8 Å². The van der Waals surface area contributed by atoms with Crippen LogP contribution >= 0.6 is 15.9 Å². The molecule has 1 saturated heterocycles. The number of amides is 1. The molecule has 116 valence electrons. The average molecular weight is 367 g/mol. The highest BCUT2D eigenvalue weighted by atomic mass is 79.9. The van der Waals surface area contributed by atoms with Crippen molar-refractivity contribution in [1.29, 1.82) is 0 Å². The number of piperidine rings is 1. The molecule has 8 nitrogen and oxygen atoms in total. The first-order valence-corrected chi connectivity index (χ1v) is 7.71. The summed E-state index contributed by atoms with van der Waals surface area (Å²) >= 11 is 3.28. The summed E-state index contributed by atoms with van der Waals surface area (Å²) in [6.07, 6.45) is 6.50. The number of rotatable bonds is 3. The maximum Gasteiger partial charge on any atom is 0.316 e. The van der Waals surface area contributed by atoms with Crippen molar-refractivity contribution in [2.45, 2.75) is 18.9 Å². The third kappa shape index (κ3) is 3.41. The van der Waals surface area contributed by atoms with E-state index in [1.807, 2.05) is 0 Å². The van der Waals surface area contributed by atoms with Gasteiger partial charge in [0.1, 0.15) is 6.10 Å². The molecule has 1 atom stereocenters. The maximum atomic E-state index is 12.4. The van der Waals surface area contributed by atoms with E-state index in [0.717, 1.165) is 17.3 Å². The third-order valence-electron chi connectivity index (χ3n) is 3.36. The van der Waals surface area contributed by atoms with Crippen molar-refractivity contribution < 1.29 is 9.53 Å². The predicted molar refractivity (Wildman–Crippen MR) is 80.3 cm³/mol. The first-order valence-electron chi connectivity index (χ1n) is 6.91. The Balaban J connectivity index is 1.63. The number of nitrogens with zero attached hydrogens (tertiary/aromatic N) is 6. The normalized spacial score (nSPS) is 18.3. The Morgan fingerprint density at radius 2 is 2.18 bits per heavy atom. The number of carbonyl (C=O) groups is 1. The van der Waals surface area contributed by atoms with E-state index in [1.165, 1.54) is 4.68 Å². The van der Waals surface area contributed by atoms with Gasteiger partial charge in [0, 0.05) is 26.0 Å². The Morgan fingerprint density at radius 1 is 1.41 bits per heavy atom. The fourth-order valence-electron chi connectivity index (χ4n) is 2.34. The van der Waals surface area contributed by atoms with Gasteiger partial charge < -0.3 is 9.64 Å². The second-order valence-corrected chi connectivity index (χ2v) is 6.01. The fraction of sp³-hybridized carbons (Fsp3) is 0.462. The molecule has 0 saturated carbocycles. The van der Waals surface area contributed by atoms with E-state index in [2.05, 4.69) is 36.2 Å². The number of aryl methyl sites for hydroxylation is 1. The molecule has 0 N–H and O–H groups in total. The van der Waals surface area contributed by atoms with Gasteiger partial charge in [0.05, 0.1) is 17.2 Å². The molecular weight excluding hydrogens is 352 g/mol. The molecule has 1 unspecified atom stereocenters. The standard InChI is InChI=1S/C13H15BrN6O2/c1-19-8-11(17-18-19)12(21)20-4-2-3-10(7-20)22-13-15-5-9(14)6-16-13/h5-6,8,10H,2-4,7H2,1H3. The molecule has 1 fully saturated rings. The van der Waals surface area contributed by atoms with Crippen molar-refractivity contribution in [2.24, 2.45) is 7.05 Å². The Morgan fingerprint density at radius 3 is 2.86 bits per heavy atom. The first-order chi connectivity index (χ1) is 10.6. The molecule has 1 aliphatic heterocycles. The second kappa shape index (κ2) is 6.39. The summed E-state index contributed by atoms with van der Waals surface area (Å²) in [6.45, 7) is 1.19. The highest BCUT2D eigenvalue weighted by molar-refractivity contribution is 9.10. The van der Waals surface area contributed by atoms with Gasteiger partial charge in [-0.25, -0.2) is 9.97 Å². The van der Waals surface area contributed by atoms with Crippen molar-refractivity contribution in [1.82, 2.24) is 29.9 Å². The van der Waals surface area contributed by atoms with E-state index in [1.54, 1.807) is 30.5 Å². The highest BCUT2D eigenvalue weighted by Gasteiger charge is 2.27. The zero-order chi connectivity index (χ0) is 15.5. The van der Waals surface area contributed by atoms with Crippen LogP contribution in [0.15, 0.2) is 23.1 Å². The topological polar surface area (TPSA) is 86.0 Å². The van der Waals surface area contributed by atoms with Crippen LogP contribution in [-0.4, -0.2) is 55.0 Å². The van der Waals surface area contributed by atoms with Crippen molar-refractivity contribution in [2.75, 3.05) is 13.1 Å². The van der Waals surface area contributed by atoms with Gasteiger partial charge in [0.15, 0.2) is 5.69 Å². The smallest absolute Gasteiger partial charge is 0.316 e. The molecule has 0 spiro atoms. The van der Waals surface area contributed by atoms with Crippen molar-refractivity contribution in [3.63, 3.8) is 0 Å². The summed E-state index contributed by atoms with van der Waals surface area (Å²) < 4.78 is 8.06. The van der Waals surface area contributed by atoms with Gasteiger partial charge in [-0.05, 0) is 28.8 Å². The highest BCUT2D eigenvalue weighted by Crippen LogP contribution is 2.17. The van der Waals surface area contributed by atoms with Crippen LogP contribution < -0.4 is 4.74 Å². The number of likely N-dealkylation sites (tertiary alicyclic amines) is 1. The molecule has 0 aliphatic carbocycles. The van der Waals surface area contributed by atoms with Gasteiger partial charge in [-0.2, -0.15) is 0 Å². The zero-order valence-corrected chi connectivity index (χ0v) is 13.6. The molecule has 1 aliphatic rings. The number of hydrogen-bond donors (Lipinski definition) is 0. The lowest BCUT2D eigenvalue weighted by molar-refractivity contribution is 0.0510. The molecule has 2 aromatic rings. The van der Waals surface area contributed by atoms with Crippen LogP contribution in [-0.2, 0) is 7.05 Å². The van der Waals surface area contributed by atoms with Crippen molar-refractivity contribution in [3.8, 4) is 6.01 Å². The monoisotopic (exact) mass is 366 g/mol. The summed E-state index contributed by atoms with van der Waals surface area (Å²) in [5.74, 6) is -0.127. The molecule has 1 amide bonds. The third-order valence-corrected chi connectivity index (χ3v) is 3.77. The van der Waals surface area contributed by atoms with Gasteiger partial charge in [0.25, 0.3) is 5.91 Å². The predicted octanol–water partition coefficient (Wildman–Crippen LogP) is 1.05. The molecular formula is C13H15BrN6O2. The van der Waals surface area contributed by atoms with Crippen LogP contribution in [0.25, 0.3) is 0 Å². The number of carbonyl (C=O) groups excluding carboxylic acids is 1. The van der Waals surface area contributed by atoms with Crippen LogP contribution in [0.4, 0.5) is 0 Å². The van der Waals surface area contributed by atoms with E-state index in [9.17, 15) is 4.79 Å². The SMILES string of the molecule is Cn1cc(C(=O)N2CCCC(Oc3ncc(Br)cn3)C2)nn1. The van der Waals surface area contributed by atoms with Crippen molar-refractivity contribution >= 4 is 21.8 Å². The quantitative estimate of drug-likeness (QED) is 0.806. The summed E-state index contributed by atoms with van der Waals surface area (Å²) in [5.41, 5.74) is 0.350. The maximum absolute atomic E-state index is 12.4. The molecule has 0 bridgehead atoms. The van der Waals surface area contributed by atoms with Crippen LogP contribution in [0.1, 0.15) is 23.3 Å². The molecule has 0 radical (unpaired) electrons. The summed E-state index contributed by atoms with van der Waals surface area (Å²) in [4.78, 5) is 22.3. The molecule has 3 heterocycles. The van der Waals surface area contributed by atoms with E-state index in [0.29, 0.717) is 24.8 Å². The van der Waals surface area contributed by atoms with E-state index in [4.69, 9.17) is 4.74 Å². The number of hydrogen-bond acceptors (Lipinski definition) is 6. The summed E-state index contributed by atoms with van der Waals surface area (Å²) in [6, 6.07) is 0.321. The number of halogens is 1. The minimum absolute atomic E-state index is 0.115. The van der Waals surface area contributed by atoms with Crippen LogP contribution in [0.3, 0.4) is 0 Å². The lowest BCUT2D eigenvalue weighted by Gasteiger charge is -2.31. The lowest BCUT2D eigenvalue weighted by atomic mass is 10.1. The van der Waals surface area contributed by atoms with Crippen LogP contribution in [0.2, 0.25) is 0 Å². The lowest BCUT2D eigenvalue weighted by Crippen LogP contribution is -2.44. The van der Waals surface area contributed by atoms with Gasteiger partial charge >= 0.3 is 6.01 Å². The van der Waals surface area contributed by atoms with E-state index in [-0.39, 0.29) is 12.0 Å². The second-order valence-electron chi connectivity index (χ2n) is 5.09. The molecule has 3 rings (SSSR count). The minimum Gasteiger partial charge on any atom is -0.458 e. The number of aromatic nitrogens is 5. The molecule has 0 aromatic carbocycles. The molecule has 2 aromatic heterocycles. The Labute approximate surface area is 135 Å². The average Bonchev–Trinajstić information content (AvgIpc) is 2.96. The molecule has 9 heteroatoms.